The fourth-order valence-corrected chi connectivity index (χ4v) is 8.01. The van der Waals surface area contributed by atoms with Crippen molar-refractivity contribution in [3.05, 3.63) is 176 Å². The van der Waals surface area contributed by atoms with Gasteiger partial charge in [-0.1, -0.05) is 121 Å². The van der Waals surface area contributed by atoms with Crippen LogP contribution in [0.3, 0.4) is 0 Å². The number of hydrogen-bond donors (Lipinski definition) is 0. The zero-order chi connectivity index (χ0) is 33.5. The molecule has 2 aromatic heterocycles. The van der Waals surface area contributed by atoms with Crippen molar-refractivity contribution in [2.45, 2.75) is 0 Å². The first kappa shape index (κ1) is 28.0. The van der Waals surface area contributed by atoms with Gasteiger partial charge in [0, 0.05) is 43.7 Å². The monoisotopic (exact) mass is 651 g/mol. The van der Waals surface area contributed by atoms with E-state index >= 15 is 0 Å². The van der Waals surface area contributed by atoms with Gasteiger partial charge in [-0.05, 0) is 87.3 Å². The average molecular weight is 652 g/mol. The highest BCUT2D eigenvalue weighted by Crippen LogP contribution is 2.47. The van der Waals surface area contributed by atoms with Crippen LogP contribution < -0.4 is 4.90 Å². The van der Waals surface area contributed by atoms with Crippen molar-refractivity contribution in [1.82, 2.24) is 0 Å². The van der Waals surface area contributed by atoms with E-state index in [1.54, 1.807) is 0 Å². The van der Waals surface area contributed by atoms with Gasteiger partial charge in [0.25, 0.3) is 0 Å². The molecule has 3 nitrogen and oxygen atoms in total. The van der Waals surface area contributed by atoms with Crippen molar-refractivity contribution in [2.75, 3.05) is 4.90 Å². The molecule has 51 heavy (non-hydrogen) atoms. The molecule has 9 aromatic carbocycles. The molecule has 0 unspecified atom stereocenters. The van der Waals surface area contributed by atoms with Crippen molar-refractivity contribution >= 4 is 93.3 Å². The number of anilines is 3. The van der Waals surface area contributed by atoms with Gasteiger partial charge in [-0.2, -0.15) is 0 Å². The van der Waals surface area contributed by atoms with Crippen LogP contribution in [0.5, 0.6) is 0 Å². The maximum Gasteiger partial charge on any atom is 0.143 e. The van der Waals surface area contributed by atoms with Crippen LogP contribution in [0.4, 0.5) is 17.1 Å². The molecule has 2 heterocycles. The number of para-hydroxylation sites is 1. The Hall–Kier alpha value is -6.84. The lowest BCUT2D eigenvalue weighted by atomic mass is 9.96. The fraction of sp³-hybridized carbons (Fsp3) is 0. The highest BCUT2D eigenvalue weighted by atomic mass is 16.3. The molecular weight excluding hydrogens is 623 g/mol. The zero-order valence-corrected chi connectivity index (χ0v) is 27.5. The summed E-state index contributed by atoms with van der Waals surface area (Å²) in [6.45, 7) is 0. The molecule has 0 aliphatic heterocycles. The van der Waals surface area contributed by atoms with E-state index in [4.69, 9.17) is 8.83 Å². The first-order chi connectivity index (χ1) is 25.3. The van der Waals surface area contributed by atoms with E-state index in [-0.39, 0.29) is 0 Å². The summed E-state index contributed by atoms with van der Waals surface area (Å²) in [4.78, 5) is 2.41. The summed E-state index contributed by atoms with van der Waals surface area (Å²) in [5, 5.41) is 11.4. The van der Waals surface area contributed by atoms with E-state index in [0.29, 0.717) is 0 Å². The van der Waals surface area contributed by atoms with Crippen molar-refractivity contribution in [1.29, 1.82) is 0 Å². The first-order valence-corrected chi connectivity index (χ1v) is 17.3. The number of rotatable bonds is 4. The summed E-state index contributed by atoms with van der Waals surface area (Å²) < 4.78 is 13.0. The Balaban J connectivity index is 1.22. The van der Waals surface area contributed by atoms with E-state index in [1.165, 1.54) is 21.5 Å². The lowest BCUT2D eigenvalue weighted by molar-refractivity contribution is 0.669. The molecule has 0 bridgehead atoms. The highest BCUT2D eigenvalue weighted by molar-refractivity contribution is 6.23. The van der Waals surface area contributed by atoms with E-state index in [2.05, 4.69) is 169 Å². The van der Waals surface area contributed by atoms with E-state index in [1.807, 2.05) is 12.1 Å². The molecule has 0 saturated heterocycles. The molecule has 238 valence electrons. The van der Waals surface area contributed by atoms with Crippen molar-refractivity contribution in [3.63, 3.8) is 0 Å². The van der Waals surface area contributed by atoms with Gasteiger partial charge >= 0.3 is 0 Å². The van der Waals surface area contributed by atoms with Crippen molar-refractivity contribution in [2.24, 2.45) is 0 Å². The predicted molar refractivity (Wildman–Crippen MR) is 214 cm³/mol. The number of benzene rings is 9. The van der Waals surface area contributed by atoms with Crippen LogP contribution in [-0.4, -0.2) is 0 Å². The Bertz CT molecular complexity index is 3090. The molecule has 0 atom stereocenters. The number of hydrogen-bond acceptors (Lipinski definition) is 3. The van der Waals surface area contributed by atoms with Crippen LogP contribution in [-0.2, 0) is 0 Å². The summed E-state index contributed by atoms with van der Waals surface area (Å²) in [6, 6.07) is 62.8. The minimum absolute atomic E-state index is 0.866. The Morgan fingerprint density at radius 2 is 0.961 bits per heavy atom. The van der Waals surface area contributed by atoms with Crippen LogP contribution in [0.25, 0.3) is 87.3 Å². The number of furan rings is 2. The highest BCUT2D eigenvalue weighted by Gasteiger charge is 2.22. The summed E-state index contributed by atoms with van der Waals surface area (Å²) in [5.41, 5.74) is 9.08. The summed E-state index contributed by atoms with van der Waals surface area (Å²) in [7, 11) is 0. The molecule has 3 heteroatoms. The molecule has 0 aliphatic carbocycles. The molecule has 0 spiro atoms. The van der Waals surface area contributed by atoms with Crippen molar-refractivity contribution in [3.8, 4) is 11.1 Å². The van der Waals surface area contributed by atoms with Crippen LogP contribution in [0.2, 0.25) is 0 Å². The third-order valence-corrected chi connectivity index (χ3v) is 10.4. The number of nitrogens with zero attached hydrogens (tertiary/aromatic N) is 1. The molecule has 0 N–H and O–H groups in total. The van der Waals surface area contributed by atoms with Crippen LogP contribution in [0, 0.1) is 0 Å². The smallest absolute Gasteiger partial charge is 0.143 e. The molecule has 0 fully saturated rings. The topological polar surface area (TPSA) is 29.5 Å². The quantitative estimate of drug-likeness (QED) is 0.190. The van der Waals surface area contributed by atoms with Crippen molar-refractivity contribution < 1.29 is 8.83 Å². The fourth-order valence-electron chi connectivity index (χ4n) is 8.01. The first-order valence-electron chi connectivity index (χ1n) is 17.3. The Kier molecular flexibility index (Phi) is 5.96. The molecule has 0 radical (unpaired) electrons. The van der Waals surface area contributed by atoms with Gasteiger partial charge in [0.05, 0.1) is 5.69 Å². The van der Waals surface area contributed by atoms with Gasteiger partial charge in [-0.15, -0.1) is 0 Å². The van der Waals surface area contributed by atoms with Gasteiger partial charge in [-0.3, -0.25) is 0 Å². The Morgan fingerprint density at radius 1 is 0.353 bits per heavy atom. The third-order valence-electron chi connectivity index (χ3n) is 10.4. The van der Waals surface area contributed by atoms with Gasteiger partial charge < -0.3 is 13.7 Å². The zero-order valence-electron chi connectivity index (χ0n) is 27.5. The van der Waals surface area contributed by atoms with Gasteiger partial charge in [0.15, 0.2) is 0 Å². The van der Waals surface area contributed by atoms with Crippen LogP contribution in [0.1, 0.15) is 0 Å². The average Bonchev–Trinajstić information content (AvgIpc) is 3.76. The molecule has 0 saturated carbocycles. The Morgan fingerprint density at radius 3 is 1.71 bits per heavy atom. The molecular formula is C48H29NO2. The van der Waals surface area contributed by atoms with Gasteiger partial charge in [-0.25, -0.2) is 0 Å². The number of fused-ring (bicyclic) bond motifs is 10. The maximum atomic E-state index is 6.80. The predicted octanol–water partition coefficient (Wildman–Crippen LogP) is 14.1. The second-order valence-corrected chi connectivity index (χ2v) is 13.3. The summed E-state index contributed by atoms with van der Waals surface area (Å²) >= 11 is 0. The third kappa shape index (κ3) is 4.32. The van der Waals surface area contributed by atoms with E-state index < -0.39 is 0 Å². The molecule has 11 aromatic rings. The SMILES string of the molecule is c1ccc2cc(N(c3ccc4ccccc4c3)c3cc4c(oc5cccc(-c6ccc7oc8ccccc8c7c6)c54)c4ccccc34)ccc2c1. The van der Waals surface area contributed by atoms with E-state index in [0.717, 1.165) is 82.8 Å². The minimum atomic E-state index is 0.866. The largest absolute Gasteiger partial charge is 0.456 e. The van der Waals surface area contributed by atoms with E-state index in [9.17, 15) is 0 Å². The maximum absolute atomic E-state index is 6.80. The summed E-state index contributed by atoms with van der Waals surface area (Å²) in [5.74, 6) is 0. The lowest BCUT2D eigenvalue weighted by Crippen LogP contribution is -2.10. The standard InChI is InChI=1S/C48H29NO2/c1-3-12-32-26-35(23-20-30(32)10-1)49(36-24-21-31-11-2-4-13-33(31)27-36)43-29-42-47-37(17-9-19-46(47)51-48(42)40-16-6-5-14-38(40)43)34-22-25-45-41(28-34)39-15-7-8-18-44(39)50-45/h1-29H. The van der Waals surface area contributed by atoms with Crippen LogP contribution >= 0.6 is 0 Å². The second kappa shape index (κ2) is 10.8. The summed E-state index contributed by atoms with van der Waals surface area (Å²) in [6.07, 6.45) is 0. The minimum Gasteiger partial charge on any atom is -0.456 e. The van der Waals surface area contributed by atoms with Gasteiger partial charge in [0.2, 0.25) is 0 Å². The second-order valence-electron chi connectivity index (χ2n) is 13.3. The molecule has 11 rings (SSSR count). The van der Waals surface area contributed by atoms with Crippen LogP contribution in [0.15, 0.2) is 185 Å². The Labute approximate surface area is 293 Å². The van der Waals surface area contributed by atoms with Gasteiger partial charge in [0.1, 0.15) is 22.3 Å². The molecule has 0 amide bonds. The lowest BCUT2D eigenvalue weighted by Gasteiger charge is -2.28. The normalized spacial score (nSPS) is 11.9. The molecule has 0 aliphatic rings.